The van der Waals surface area contributed by atoms with Gasteiger partial charge in [-0.1, -0.05) is 30.3 Å². The molecule has 0 spiro atoms. The topological polar surface area (TPSA) is 67.5 Å². The molecule has 128 valence electrons. The quantitative estimate of drug-likeness (QED) is 0.374. The van der Waals surface area contributed by atoms with E-state index in [1.807, 2.05) is 18.2 Å². The first-order valence-electron chi connectivity index (χ1n) is 7.65. The SMILES string of the molecule is O=C(O)c1ccccc1-c1c2ccc(=O)c(Br)c-2oc2c(Br)cccc12. The molecule has 0 unspecified atom stereocenters. The first-order chi connectivity index (χ1) is 12.5. The Labute approximate surface area is 164 Å². The van der Waals surface area contributed by atoms with Crippen molar-refractivity contribution < 1.29 is 14.3 Å². The summed E-state index contributed by atoms with van der Waals surface area (Å²) in [5, 5.41) is 10.4. The highest BCUT2D eigenvalue weighted by molar-refractivity contribution is 9.11. The van der Waals surface area contributed by atoms with E-state index in [-0.39, 0.29) is 11.0 Å². The Hall–Kier alpha value is -2.44. The van der Waals surface area contributed by atoms with Gasteiger partial charge in [0.05, 0.1) is 10.0 Å². The highest BCUT2D eigenvalue weighted by Gasteiger charge is 2.24. The average molecular weight is 474 g/mol. The molecule has 2 aromatic carbocycles. The van der Waals surface area contributed by atoms with Crippen LogP contribution >= 0.6 is 31.9 Å². The molecule has 1 heterocycles. The summed E-state index contributed by atoms with van der Waals surface area (Å²) < 4.78 is 7.03. The molecule has 0 bridgehead atoms. The summed E-state index contributed by atoms with van der Waals surface area (Å²) in [5.41, 5.74) is 2.46. The van der Waals surface area contributed by atoms with Crippen molar-refractivity contribution in [3.63, 3.8) is 0 Å². The molecule has 6 heteroatoms. The van der Waals surface area contributed by atoms with Gasteiger partial charge in [0.25, 0.3) is 0 Å². The van der Waals surface area contributed by atoms with Gasteiger partial charge in [-0.2, -0.15) is 0 Å². The number of rotatable bonds is 2. The van der Waals surface area contributed by atoms with Crippen molar-refractivity contribution in [1.82, 2.24) is 0 Å². The minimum atomic E-state index is -1.02. The molecular weight excluding hydrogens is 464 g/mol. The number of hydrogen-bond donors (Lipinski definition) is 1. The van der Waals surface area contributed by atoms with Gasteiger partial charge in [-0.3, -0.25) is 4.79 Å². The van der Waals surface area contributed by atoms with Crippen molar-refractivity contribution >= 4 is 48.8 Å². The summed E-state index contributed by atoms with van der Waals surface area (Å²) >= 11 is 6.78. The number of para-hydroxylation sites is 1. The molecule has 0 amide bonds. The van der Waals surface area contributed by atoms with E-state index < -0.39 is 5.97 Å². The summed E-state index contributed by atoms with van der Waals surface area (Å²) in [5.74, 6) is -0.635. The van der Waals surface area contributed by atoms with E-state index >= 15 is 0 Å². The maximum absolute atomic E-state index is 12.1. The van der Waals surface area contributed by atoms with Gasteiger partial charge in [-0.15, -0.1) is 0 Å². The molecule has 0 fully saturated rings. The van der Waals surface area contributed by atoms with Gasteiger partial charge >= 0.3 is 5.97 Å². The fraction of sp³-hybridized carbons (Fsp3) is 0. The van der Waals surface area contributed by atoms with Crippen molar-refractivity contribution in [2.75, 3.05) is 0 Å². The lowest BCUT2D eigenvalue weighted by Crippen LogP contribution is -2.05. The monoisotopic (exact) mass is 472 g/mol. The van der Waals surface area contributed by atoms with Crippen LogP contribution in [-0.2, 0) is 0 Å². The third-order valence-corrected chi connectivity index (χ3v) is 5.57. The molecular formula is C20H10Br2O4. The normalized spacial score (nSPS) is 11.2. The fourth-order valence-corrected chi connectivity index (χ4v) is 3.94. The number of carboxylic acid groups (broad SMARTS) is 1. The second-order valence-corrected chi connectivity index (χ2v) is 7.35. The first kappa shape index (κ1) is 17.0. The zero-order chi connectivity index (χ0) is 18.4. The second-order valence-electron chi connectivity index (χ2n) is 5.70. The van der Waals surface area contributed by atoms with Crippen LogP contribution in [0, 0.1) is 0 Å². The van der Waals surface area contributed by atoms with E-state index in [0.29, 0.717) is 37.0 Å². The van der Waals surface area contributed by atoms with Gasteiger partial charge in [0.1, 0.15) is 10.1 Å². The molecule has 0 saturated heterocycles. The number of fused-ring (bicyclic) bond motifs is 2. The zero-order valence-electron chi connectivity index (χ0n) is 13.1. The Morgan fingerprint density at radius 3 is 2.46 bits per heavy atom. The van der Waals surface area contributed by atoms with Crippen molar-refractivity contribution in [1.29, 1.82) is 0 Å². The minimum absolute atomic E-state index is 0.184. The Bertz CT molecular complexity index is 1210. The third-order valence-electron chi connectivity index (χ3n) is 4.20. The van der Waals surface area contributed by atoms with Gasteiger partial charge in [0, 0.05) is 16.5 Å². The molecule has 0 aromatic heterocycles. The molecule has 2 aliphatic rings. The van der Waals surface area contributed by atoms with Gasteiger partial charge in [0.15, 0.2) is 11.2 Å². The Morgan fingerprint density at radius 2 is 1.69 bits per heavy atom. The van der Waals surface area contributed by atoms with Crippen LogP contribution in [0.25, 0.3) is 33.4 Å². The van der Waals surface area contributed by atoms with E-state index in [4.69, 9.17) is 4.42 Å². The maximum Gasteiger partial charge on any atom is 0.336 e. The molecule has 4 rings (SSSR count). The summed E-state index contributed by atoms with van der Waals surface area (Å²) in [4.78, 5) is 23.8. The highest BCUT2D eigenvalue weighted by Crippen LogP contribution is 2.44. The fourth-order valence-electron chi connectivity index (χ4n) is 3.07. The molecule has 0 atom stereocenters. The van der Waals surface area contributed by atoms with E-state index in [9.17, 15) is 14.7 Å². The summed E-state index contributed by atoms with van der Waals surface area (Å²) in [6, 6.07) is 15.5. The highest BCUT2D eigenvalue weighted by atomic mass is 79.9. The molecule has 4 nitrogen and oxygen atoms in total. The van der Waals surface area contributed by atoms with Gasteiger partial charge in [-0.05, 0) is 61.7 Å². The van der Waals surface area contributed by atoms with Gasteiger partial charge in [0.2, 0.25) is 0 Å². The van der Waals surface area contributed by atoms with Crippen LogP contribution in [-0.4, -0.2) is 11.1 Å². The number of carboxylic acids is 1. The van der Waals surface area contributed by atoms with E-state index in [1.165, 1.54) is 6.07 Å². The molecule has 1 N–H and O–H groups in total. The third kappa shape index (κ3) is 2.57. The second kappa shape index (κ2) is 6.37. The molecule has 1 aliphatic carbocycles. The molecule has 26 heavy (non-hydrogen) atoms. The van der Waals surface area contributed by atoms with E-state index in [1.54, 1.807) is 30.3 Å². The lowest BCUT2D eigenvalue weighted by molar-refractivity contribution is 0.0697. The largest absolute Gasteiger partial charge is 0.478 e. The number of carbonyl (C=O) groups is 1. The zero-order valence-corrected chi connectivity index (χ0v) is 16.3. The van der Waals surface area contributed by atoms with Crippen molar-refractivity contribution in [2.45, 2.75) is 0 Å². The van der Waals surface area contributed by atoms with Crippen molar-refractivity contribution in [3.8, 4) is 22.5 Å². The standard InChI is InChI=1S/C20H10Br2O4/c21-14-7-3-6-12-16(10-4-1-2-5-11(10)20(24)25)13-8-9-15(23)17(22)19(13)26-18(12)14/h1-9H,(H,24,25). The van der Waals surface area contributed by atoms with Crippen LogP contribution in [0.4, 0.5) is 0 Å². The van der Waals surface area contributed by atoms with Crippen LogP contribution in [0.1, 0.15) is 10.4 Å². The molecule has 0 saturated carbocycles. The average Bonchev–Trinajstić information content (AvgIpc) is 2.64. The van der Waals surface area contributed by atoms with Gasteiger partial charge < -0.3 is 9.52 Å². The smallest absolute Gasteiger partial charge is 0.336 e. The Balaban J connectivity index is 2.27. The summed E-state index contributed by atoms with van der Waals surface area (Å²) in [6.07, 6.45) is 0. The van der Waals surface area contributed by atoms with E-state index in [0.717, 1.165) is 5.39 Å². The first-order valence-corrected chi connectivity index (χ1v) is 9.24. The predicted molar refractivity (Wildman–Crippen MR) is 107 cm³/mol. The van der Waals surface area contributed by atoms with Crippen LogP contribution in [0.2, 0.25) is 0 Å². The molecule has 2 aromatic rings. The predicted octanol–water partition coefficient (Wildman–Crippen LogP) is 5.79. The maximum atomic E-state index is 12.1. The number of halogens is 2. The van der Waals surface area contributed by atoms with Crippen LogP contribution in [0.15, 0.2) is 72.8 Å². The molecule has 0 radical (unpaired) electrons. The number of hydrogen-bond acceptors (Lipinski definition) is 3. The summed E-state index contributed by atoms with van der Waals surface area (Å²) in [6.45, 7) is 0. The van der Waals surface area contributed by atoms with E-state index in [2.05, 4.69) is 31.9 Å². The van der Waals surface area contributed by atoms with Crippen LogP contribution < -0.4 is 5.43 Å². The van der Waals surface area contributed by atoms with Crippen LogP contribution in [0.3, 0.4) is 0 Å². The lowest BCUT2D eigenvalue weighted by atomic mass is 9.91. The van der Waals surface area contributed by atoms with Gasteiger partial charge in [-0.25, -0.2) is 4.79 Å². The molecule has 1 aliphatic heterocycles. The Kier molecular flexibility index (Phi) is 4.17. The number of benzene rings is 3. The van der Waals surface area contributed by atoms with Crippen molar-refractivity contribution in [2.24, 2.45) is 0 Å². The Morgan fingerprint density at radius 1 is 0.923 bits per heavy atom. The minimum Gasteiger partial charge on any atom is -0.478 e. The van der Waals surface area contributed by atoms with Crippen molar-refractivity contribution in [3.05, 3.63) is 79.3 Å². The number of aromatic carboxylic acids is 1. The van der Waals surface area contributed by atoms with Crippen LogP contribution in [0.5, 0.6) is 0 Å². The lowest BCUT2D eigenvalue weighted by Gasteiger charge is -2.17. The summed E-state index contributed by atoms with van der Waals surface area (Å²) in [7, 11) is 0.